The third-order valence-electron chi connectivity index (χ3n) is 2.32. The van der Waals surface area contributed by atoms with Crippen LogP contribution in [0.5, 0.6) is 0 Å². The summed E-state index contributed by atoms with van der Waals surface area (Å²) < 4.78 is 5.04. The largest absolute Gasteiger partial charge is 0.495 e. The molecule has 0 bridgehead atoms. The van der Waals surface area contributed by atoms with Crippen molar-refractivity contribution in [1.29, 1.82) is 0 Å². The molecule has 15 heavy (non-hydrogen) atoms. The van der Waals surface area contributed by atoms with Crippen molar-refractivity contribution in [3.63, 3.8) is 0 Å². The molecular weight excluding hydrogens is 194 g/mol. The molecule has 1 aliphatic rings. The highest BCUT2D eigenvalue weighted by atomic mass is 16.5. The Morgan fingerprint density at radius 3 is 2.40 bits per heavy atom. The molecule has 0 fully saturated rings. The normalized spacial score (nSPS) is 14.1. The van der Waals surface area contributed by atoms with Crippen LogP contribution in [0.15, 0.2) is 29.8 Å². The average Bonchev–Trinajstić information content (AvgIpc) is 2.52. The molecule has 1 aliphatic carbocycles. The lowest BCUT2D eigenvalue weighted by molar-refractivity contribution is -0.114. The number of ether oxygens (including phenoxy) is 1. The van der Waals surface area contributed by atoms with Crippen molar-refractivity contribution in [3.8, 4) is 0 Å². The third kappa shape index (κ3) is 1.22. The van der Waals surface area contributed by atoms with Crippen LogP contribution < -0.4 is 5.73 Å². The number of rotatable bonds is 2. The Morgan fingerprint density at radius 1 is 1.27 bits per heavy atom. The molecule has 0 radical (unpaired) electrons. The molecule has 0 atom stereocenters. The Morgan fingerprint density at radius 2 is 1.87 bits per heavy atom. The van der Waals surface area contributed by atoms with Crippen molar-refractivity contribution in [1.82, 2.24) is 0 Å². The second-order valence-electron chi connectivity index (χ2n) is 3.15. The van der Waals surface area contributed by atoms with E-state index in [1.165, 1.54) is 7.11 Å². The van der Waals surface area contributed by atoms with E-state index in [1.54, 1.807) is 24.3 Å². The van der Waals surface area contributed by atoms with E-state index >= 15 is 0 Å². The Labute approximate surface area is 86.3 Å². The van der Waals surface area contributed by atoms with Gasteiger partial charge in [0.05, 0.1) is 7.11 Å². The summed E-state index contributed by atoms with van der Waals surface area (Å²) in [5, 5.41) is 0. The lowest BCUT2D eigenvalue weighted by Gasteiger charge is -2.02. The molecule has 2 rings (SSSR count). The first kappa shape index (κ1) is 9.45. The van der Waals surface area contributed by atoms with Crippen LogP contribution in [-0.2, 0) is 9.53 Å². The molecule has 1 amide bonds. The van der Waals surface area contributed by atoms with Gasteiger partial charge in [-0.1, -0.05) is 24.3 Å². The number of benzene rings is 1. The SMILES string of the molecule is COC1=C(C(N)=O)C(=O)c2ccccc21. The lowest BCUT2D eigenvalue weighted by Crippen LogP contribution is -2.19. The number of ketones is 1. The van der Waals surface area contributed by atoms with Gasteiger partial charge in [0.1, 0.15) is 11.3 Å². The minimum absolute atomic E-state index is 0.0706. The molecular formula is C11H9NO3. The number of Topliss-reactive ketones (excluding diaryl/α,β-unsaturated/α-hetero) is 1. The summed E-state index contributed by atoms with van der Waals surface area (Å²) in [6, 6.07) is 6.87. The summed E-state index contributed by atoms with van der Waals surface area (Å²) in [4.78, 5) is 22.9. The fourth-order valence-electron chi connectivity index (χ4n) is 1.69. The van der Waals surface area contributed by atoms with Gasteiger partial charge in [-0.2, -0.15) is 0 Å². The first-order valence-corrected chi connectivity index (χ1v) is 4.39. The van der Waals surface area contributed by atoms with Crippen molar-refractivity contribution in [2.75, 3.05) is 7.11 Å². The molecule has 0 unspecified atom stereocenters. The minimum atomic E-state index is -0.756. The van der Waals surface area contributed by atoms with Gasteiger partial charge in [0.2, 0.25) is 5.78 Å². The van der Waals surface area contributed by atoms with Crippen LogP contribution in [0.3, 0.4) is 0 Å². The highest BCUT2D eigenvalue weighted by molar-refractivity contribution is 6.33. The Kier molecular flexibility index (Phi) is 2.04. The number of hydrogen-bond donors (Lipinski definition) is 1. The standard InChI is InChI=1S/C11H9NO3/c1-15-10-7-5-3-2-4-6(7)9(13)8(10)11(12)14/h2-5H,1H3,(H2,12,14). The maximum Gasteiger partial charge on any atom is 0.256 e. The number of primary amides is 1. The maximum atomic E-state index is 11.8. The van der Waals surface area contributed by atoms with Crippen LogP contribution in [0, 0.1) is 0 Å². The molecule has 0 saturated carbocycles. The zero-order valence-electron chi connectivity index (χ0n) is 8.11. The van der Waals surface area contributed by atoms with Crippen molar-refractivity contribution in [2.24, 2.45) is 5.73 Å². The number of fused-ring (bicyclic) bond motifs is 1. The average molecular weight is 203 g/mol. The van der Waals surface area contributed by atoms with Gasteiger partial charge < -0.3 is 10.5 Å². The topological polar surface area (TPSA) is 69.4 Å². The van der Waals surface area contributed by atoms with Gasteiger partial charge >= 0.3 is 0 Å². The van der Waals surface area contributed by atoms with Crippen LogP contribution >= 0.6 is 0 Å². The highest BCUT2D eigenvalue weighted by Gasteiger charge is 2.33. The fraction of sp³-hybridized carbons (Fsp3) is 0.0909. The molecule has 76 valence electrons. The number of carbonyl (C=O) groups is 2. The smallest absolute Gasteiger partial charge is 0.256 e. The third-order valence-corrected chi connectivity index (χ3v) is 2.32. The van der Waals surface area contributed by atoms with E-state index in [-0.39, 0.29) is 17.1 Å². The minimum Gasteiger partial charge on any atom is -0.495 e. The second kappa shape index (κ2) is 3.24. The van der Waals surface area contributed by atoms with Crippen molar-refractivity contribution < 1.29 is 14.3 Å². The van der Waals surface area contributed by atoms with Gasteiger partial charge in [-0.3, -0.25) is 9.59 Å². The lowest BCUT2D eigenvalue weighted by atomic mass is 10.1. The molecule has 0 spiro atoms. The van der Waals surface area contributed by atoms with E-state index in [4.69, 9.17) is 10.5 Å². The predicted octanol–water partition coefficient (Wildman–Crippen LogP) is 0.726. The molecule has 0 heterocycles. The van der Waals surface area contributed by atoms with Crippen LogP contribution in [0.1, 0.15) is 15.9 Å². The number of methoxy groups -OCH3 is 1. The number of carbonyl (C=O) groups excluding carboxylic acids is 2. The van der Waals surface area contributed by atoms with E-state index in [2.05, 4.69) is 0 Å². The van der Waals surface area contributed by atoms with Gasteiger partial charge in [0, 0.05) is 11.1 Å². The fourth-order valence-corrected chi connectivity index (χ4v) is 1.69. The summed E-state index contributed by atoms with van der Waals surface area (Å²) in [6.07, 6.45) is 0. The van der Waals surface area contributed by atoms with Gasteiger partial charge in [-0.25, -0.2) is 0 Å². The van der Waals surface area contributed by atoms with Crippen LogP contribution in [0.25, 0.3) is 5.76 Å². The Hall–Kier alpha value is -2.10. The zero-order valence-corrected chi connectivity index (χ0v) is 8.11. The van der Waals surface area contributed by atoms with Gasteiger partial charge in [-0.05, 0) is 0 Å². The summed E-state index contributed by atoms with van der Waals surface area (Å²) in [7, 11) is 1.41. The van der Waals surface area contributed by atoms with Gasteiger partial charge in [0.15, 0.2) is 0 Å². The molecule has 1 aromatic rings. The van der Waals surface area contributed by atoms with Crippen molar-refractivity contribution in [3.05, 3.63) is 41.0 Å². The molecule has 4 nitrogen and oxygen atoms in total. The predicted molar refractivity (Wildman–Crippen MR) is 53.9 cm³/mol. The second-order valence-corrected chi connectivity index (χ2v) is 3.15. The summed E-state index contributed by atoms with van der Waals surface area (Å²) >= 11 is 0. The number of amides is 1. The van der Waals surface area contributed by atoms with E-state index in [0.717, 1.165) is 0 Å². The molecule has 1 aromatic carbocycles. The van der Waals surface area contributed by atoms with Crippen molar-refractivity contribution in [2.45, 2.75) is 0 Å². The van der Waals surface area contributed by atoms with Crippen molar-refractivity contribution >= 4 is 17.4 Å². The summed E-state index contributed by atoms with van der Waals surface area (Å²) in [5.41, 5.74) is 6.15. The quantitative estimate of drug-likeness (QED) is 0.720. The zero-order chi connectivity index (χ0) is 11.0. The summed E-state index contributed by atoms with van der Waals surface area (Å²) in [6.45, 7) is 0. The molecule has 4 heteroatoms. The molecule has 2 N–H and O–H groups in total. The van der Waals surface area contributed by atoms with E-state index in [1.807, 2.05) is 0 Å². The Balaban J connectivity index is 2.69. The maximum absolute atomic E-state index is 11.8. The van der Waals surface area contributed by atoms with Gasteiger partial charge in [-0.15, -0.1) is 0 Å². The molecule has 0 saturated heterocycles. The summed E-state index contributed by atoms with van der Waals surface area (Å²) in [5.74, 6) is -0.855. The van der Waals surface area contributed by atoms with Crippen LogP contribution in [0.2, 0.25) is 0 Å². The van der Waals surface area contributed by atoms with E-state index < -0.39 is 5.91 Å². The van der Waals surface area contributed by atoms with E-state index in [0.29, 0.717) is 11.1 Å². The first-order valence-electron chi connectivity index (χ1n) is 4.39. The highest BCUT2D eigenvalue weighted by Crippen LogP contribution is 2.32. The van der Waals surface area contributed by atoms with Gasteiger partial charge in [0.25, 0.3) is 5.91 Å². The first-order chi connectivity index (χ1) is 7.16. The Bertz CT molecular complexity index is 488. The van der Waals surface area contributed by atoms with Crippen LogP contribution in [-0.4, -0.2) is 18.8 Å². The van der Waals surface area contributed by atoms with Crippen LogP contribution in [0.4, 0.5) is 0 Å². The molecule has 0 aromatic heterocycles. The van der Waals surface area contributed by atoms with E-state index in [9.17, 15) is 9.59 Å². The monoisotopic (exact) mass is 203 g/mol. The number of nitrogens with two attached hydrogens (primary N) is 1. The number of hydrogen-bond acceptors (Lipinski definition) is 3. The molecule has 0 aliphatic heterocycles.